The number of Topliss-reactive ketones (excluding diaryl/α,β-unsaturated/α-hetero) is 1. The van der Waals surface area contributed by atoms with E-state index in [0.29, 0.717) is 16.8 Å². The Morgan fingerprint density at radius 1 is 0.857 bits per heavy atom. The van der Waals surface area contributed by atoms with Gasteiger partial charge in [0.05, 0.1) is 16.8 Å². The van der Waals surface area contributed by atoms with Crippen molar-refractivity contribution in [3.8, 4) is 11.1 Å². The summed E-state index contributed by atoms with van der Waals surface area (Å²) in [5, 5.41) is 2.42. The Balaban J connectivity index is 1.99. The summed E-state index contributed by atoms with van der Waals surface area (Å²) in [6.45, 7) is 0. The fourth-order valence-corrected chi connectivity index (χ4v) is 2.17. The number of nitrogens with one attached hydrogen (secondary N) is 1. The minimum absolute atomic E-state index is 0.234. The van der Waals surface area contributed by atoms with E-state index >= 15 is 0 Å². The van der Waals surface area contributed by atoms with Gasteiger partial charge in [-0.1, -0.05) is 18.2 Å². The highest BCUT2D eigenvalue weighted by atomic mass is 19.4. The van der Waals surface area contributed by atoms with Crippen molar-refractivity contribution in [2.24, 2.45) is 0 Å². The Morgan fingerprint density at radius 2 is 1.48 bits per heavy atom. The maximum absolute atomic E-state index is 12.5. The maximum atomic E-state index is 12.5. The molecule has 6 heteroatoms. The third-order valence-corrected chi connectivity index (χ3v) is 3.26. The number of benzene rings is 2. The summed E-state index contributed by atoms with van der Waals surface area (Å²) in [5.74, 6) is -1.34. The van der Waals surface area contributed by atoms with Gasteiger partial charge in [0.15, 0.2) is 0 Å². The molecule has 21 heavy (non-hydrogen) atoms. The largest absolute Gasteiger partial charge is 0.416 e. The van der Waals surface area contributed by atoms with Gasteiger partial charge in [-0.05, 0) is 35.4 Å². The zero-order valence-corrected chi connectivity index (χ0v) is 10.5. The summed E-state index contributed by atoms with van der Waals surface area (Å²) in [6.07, 6.45) is -4.39. The number of carbonyl (C=O) groups excluding carboxylic acids is 2. The molecule has 0 radical (unpaired) electrons. The van der Waals surface area contributed by atoms with Crippen LogP contribution in [0.15, 0.2) is 42.5 Å². The van der Waals surface area contributed by atoms with Crippen LogP contribution in [0.5, 0.6) is 0 Å². The van der Waals surface area contributed by atoms with Crippen molar-refractivity contribution in [2.75, 3.05) is 5.32 Å². The van der Waals surface area contributed by atoms with Gasteiger partial charge in [0.25, 0.3) is 11.7 Å². The number of amides is 1. The number of hydrogen-bond acceptors (Lipinski definition) is 2. The van der Waals surface area contributed by atoms with Gasteiger partial charge >= 0.3 is 6.18 Å². The van der Waals surface area contributed by atoms with Gasteiger partial charge in [-0.3, -0.25) is 9.59 Å². The van der Waals surface area contributed by atoms with Crippen molar-refractivity contribution < 1.29 is 22.8 Å². The van der Waals surface area contributed by atoms with Gasteiger partial charge in [0, 0.05) is 0 Å². The van der Waals surface area contributed by atoms with E-state index in [-0.39, 0.29) is 5.56 Å². The first-order chi connectivity index (χ1) is 9.86. The van der Waals surface area contributed by atoms with Gasteiger partial charge in [-0.2, -0.15) is 13.2 Å². The Labute approximate surface area is 117 Å². The fourth-order valence-electron chi connectivity index (χ4n) is 2.17. The average molecular weight is 291 g/mol. The van der Waals surface area contributed by atoms with E-state index in [1.54, 1.807) is 12.1 Å². The van der Waals surface area contributed by atoms with E-state index in [2.05, 4.69) is 5.32 Å². The van der Waals surface area contributed by atoms with Crippen molar-refractivity contribution in [2.45, 2.75) is 6.18 Å². The molecule has 0 atom stereocenters. The van der Waals surface area contributed by atoms with Crippen LogP contribution in [0.4, 0.5) is 18.9 Å². The molecule has 2 aromatic carbocycles. The minimum Gasteiger partial charge on any atom is -0.318 e. The molecule has 1 amide bonds. The van der Waals surface area contributed by atoms with Crippen molar-refractivity contribution in [1.82, 2.24) is 0 Å². The van der Waals surface area contributed by atoms with E-state index in [9.17, 15) is 22.8 Å². The summed E-state index contributed by atoms with van der Waals surface area (Å²) >= 11 is 0. The van der Waals surface area contributed by atoms with E-state index in [1.165, 1.54) is 18.2 Å². The second-order valence-electron chi connectivity index (χ2n) is 4.62. The molecule has 0 fully saturated rings. The Hall–Kier alpha value is -2.63. The van der Waals surface area contributed by atoms with Crippen molar-refractivity contribution in [3.63, 3.8) is 0 Å². The number of anilines is 1. The highest BCUT2D eigenvalue weighted by molar-refractivity contribution is 6.51. The lowest BCUT2D eigenvalue weighted by Crippen LogP contribution is -2.12. The van der Waals surface area contributed by atoms with Crippen LogP contribution in [0, 0.1) is 0 Å². The highest BCUT2D eigenvalue weighted by Gasteiger charge is 2.30. The molecule has 1 N–H and O–H groups in total. The predicted octanol–water partition coefficient (Wildman–Crippen LogP) is 3.51. The molecule has 0 saturated carbocycles. The van der Waals surface area contributed by atoms with Crippen LogP contribution < -0.4 is 5.32 Å². The second kappa shape index (κ2) is 4.44. The summed E-state index contributed by atoms with van der Waals surface area (Å²) in [6, 6.07) is 9.32. The number of halogens is 3. The summed E-state index contributed by atoms with van der Waals surface area (Å²) < 4.78 is 37.5. The molecular formula is C15H8F3NO2. The first kappa shape index (κ1) is 13.4. The third-order valence-electron chi connectivity index (χ3n) is 3.26. The summed E-state index contributed by atoms with van der Waals surface area (Å²) in [4.78, 5) is 22.9. The first-order valence-electron chi connectivity index (χ1n) is 6.03. The Kier molecular flexibility index (Phi) is 2.83. The molecular weight excluding hydrogens is 283 g/mol. The summed E-state index contributed by atoms with van der Waals surface area (Å²) in [7, 11) is 0. The smallest absolute Gasteiger partial charge is 0.318 e. The van der Waals surface area contributed by atoms with Crippen molar-refractivity contribution in [1.29, 1.82) is 0 Å². The molecule has 0 unspecified atom stereocenters. The zero-order chi connectivity index (χ0) is 15.2. The molecule has 0 spiro atoms. The lowest BCUT2D eigenvalue weighted by Gasteiger charge is -2.08. The normalized spacial score (nSPS) is 14.0. The molecule has 0 aromatic heterocycles. The third kappa shape index (κ3) is 2.29. The zero-order valence-electron chi connectivity index (χ0n) is 10.5. The van der Waals surface area contributed by atoms with Gasteiger partial charge in [-0.25, -0.2) is 0 Å². The van der Waals surface area contributed by atoms with Crippen LogP contribution in [-0.4, -0.2) is 11.7 Å². The predicted molar refractivity (Wildman–Crippen MR) is 69.8 cm³/mol. The fraction of sp³-hybridized carbons (Fsp3) is 0.0667. The quantitative estimate of drug-likeness (QED) is 0.817. The lowest BCUT2D eigenvalue weighted by atomic mass is 10.00. The van der Waals surface area contributed by atoms with Gasteiger partial charge in [0.1, 0.15) is 0 Å². The van der Waals surface area contributed by atoms with Crippen LogP contribution in [0.25, 0.3) is 11.1 Å². The van der Waals surface area contributed by atoms with Crippen LogP contribution in [0.1, 0.15) is 15.9 Å². The van der Waals surface area contributed by atoms with E-state index < -0.39 is 23.4 Å². The molecule has 0 saturated heterocycles. The van der Waals surface area contributed by atoms with E-state index in [4.69, 9.17) is 0 Å². The number of rotatable bonds is 1. The average Bonchev–Trinajstić information content (AvgIpc) is 2.73. The summed E-state index contributed by atoms with van der Waals surface area (Å²) in [5.41, 5.74) is 1.03. The Bertz CT molecular complexity index is 749. The molecule has 1 heterocycles. The van der Waals surface area contributed by atoms with Gasteiger partial charge in [-0.15, -0.1) is 0 Å². The lowest BCUT2D eigenvalue weighted by molar-refractivity contribution is -0.137. The monoisotopic (exact) mass is 291 g/mol. The number of hydrogen-bond donors (Lipinski definition) is 1. The molecule has 0 bridgehead atoms. The van der Waals surface area contributed by atoms with Crippen LogP contribution in [-0.2, 0) is 11.0 Å². The molecule has 106 valence electrons. The molecule has 1 aliphatic heterocycles. The first-order valence-corrected chi connectivity index (χ1v) is 6.03. The number of ketones is 1. The van der Waals surface area contributed by atoms with Crippen LogP contribution in [0.2, 0.25) is 0 Å². The SMILES string of the molecule is O=C1Nc2ccc(-c3ccc(C(F)(F)F)cc3)cc2C1=O. The van der Waals surface area contributed by atoms with Crippen LogP contribution in [0.3, 0.4) is 0 Å². The van der Waals surface area contributed by atoms with Crippen molar-refractivity contribution >= 4 is 17.4 Å². The molecule has 3 nitrogen and oxygen atoms in total. The number of fused-ring (bicyclic) bond motifs is 1. The van der Waals surface area contributed by atoms with E-state index in [1.807, 2.05) is 0 Å². The maximum Gasteiger partial charge on any atom is 0.416 e. The second-order valence-corrected chi connectivity index (χ2v) is 4.62. The standard InChI is InChI=1S/C15H8F3NO2/c16-15(17,18)10-4-1-8(2-5-10)9-3-6-12-11(7-9)13(20)14(21)19-12/h1-7H,(H,19,20,21). The molecule has 1 aliphatic rings. The number of alkyl halides is 3. The van der Waals surface area contributed by atoms with E-state index in [0.717, 1.165) is 12.1 Å². The van der Waals surface area contributed by atoms with Crippen molar-refractivity contribution in [3.05, 3.63) is 53.6 Å². The molecule has 3 rings (SSSR count). The highest BCUT2D eigenvalue weighted by Crippen LogP contribution is 2.32. The van der Waals surface area contributed by atoms with Crippen LogP contribution >= 0.6 is 0 Å². The van der Waals surface area contributed by atoms with Gasteiger partial charge in [0.2, 0.25) is 0 Å². The minimum atomic E-state index is -4.39. The Morgan fingerprint density at radius 3 is 2.10 bits per heavy atom. The topological polar surface area (TPSA) is 46.2 Å². The molecule has 0 aliphatic carbocycles. The number of carbonyl (C=O) groups is 2. The molecule has 2 aromatic rings. The van der Waals surface area contributed by atoms with Gasteiger partial charge < -0.3 is 5.32 Å².